The number of carbonyl (C=O) groups excluding carboxylic acids is 1. The summed E-state index contributed by atoms with van der Waals surface area (Å²) in [5.74, 6) is -1.53. The molecule has 2 heterocycles. The number of rotatable bonds is 7. The molecule has 2 aromatic rings. The maximum atomic E-state index is 12.5. The third-order valence-corrected chi connectivity index (χ3v) is 4.72. The van der Waals surface area contributed by atoms with Crippen LogP contribution in [0.15, 0.2) is 39.9 Å². The van der Waals surface area contributed by atoms with Gasteiger partial charge in [0.25, 0.3) is 0 Å². The van der Waals surface area contributed by atoms with Crippen LogP contribution in [0.1, 0.15) is 10.4 Å². The van der Waals surface area contributed by atoms with Crippen LogP contribution in [0.4, 0.5) is 0 Å². The summed E-state index contributed by atoms with van der Waals surface area (Å²) in [7, 11) is 2.58. The molecule has 1 saturated heterocycles. The van der Waals surface area contributed by atoms with Gasteiger partial charge >= 0.3 is 5.97 Å². The normalized spacial score (nSPS) is 25.1. The molecule has 1 aliphatic rings. The molecule has 1 aliphatic heterocycles. The highest BCUT2D eigenvalue weighted by Gasteiger charge is 2.45. The van der Waals surface area contributed by atoms with Crippen LogP contribution >= 0.6 is 0 Å². The van der Waals surface area contributed by atoms with Crippen molar-refractivity contribution in [3.8, 4) is 23.0 Å². The van der Waals surface area contributed by atoms with Gasteiger partial charge in [0.2, 0.25) is 23.2 Å². The zero-order valence-electron chi connectivity index (χ0n) is 17.0. The smallest absolute Gasteiger partial charge is 0.338 e. The van der Waals surface area contributed by atoms with E-state index in [4.69, 9.17) is 28.1 Å². The Bertz CT molecular complexity index is 977. The van der Waals surface area contributed by atoms with E-state index >= 15 is 0 Å². The fourth-order valence-corrected chi connectivity index (χ4v) is 2.96. The average Bonchev–Trinajstić information content (AvgIpc) is 2.79. The first-order chi connectivity index (χ1) is 15.3. The molecule has 1 fully saturated rings. The second kappa shape index (κ2) is 9.87. The Morgan fingerprint density at radius 1 is 1.03 bits per heavy atom. The van der Waals surface area contributed by atoms with E-state index in [1.165, 1.54) is 26.4 Å². The number of ether oxygens (including phenoxy) is 5. The molecule has 5 atom stereocenters. The Kier molecular flexibility index (Phi) is 7.20. The Morgan fingerprint density at radius 2 is 1.69 bits per heavy atom. The highest BCUT2D eigenvalue weighted by Crippen LogP contribution is 2.37. The summed E-state index contributed by atoms with van der Waals surface area (Å²) in [5, 5.41) is 40.4. The maximum absolute atomic E-state index is 12.5. The first-order valence-corrected chi connectivity index (χ1v) is 9.31. The number of phenolic OH excluding ortho intramolecular Hbond substituents is 1. The predicted octanol–water partition coefficient (Wildman–Crippen LogP) is -0.594. The molecule has 0 amide bonds. The highest BCUT2D eigenvalue weighted by atomic mass is 16.7. The molecule has 12 nitrogen and oxygen atoms in total. The van der Waals surface area contributed by atoms with Gasteiger partial charge in [0, 0.05) is 6.07 Å². The Morgan fingerprint density at radius 3 is 2.28 bits per heavy atom. The number of aliphatic hydroxyl groups is 3. The van der Waals surface area contributed by atoms with Crippen LogP contribution in [-0.2, 0) is 9.47 Å². The molecule has 0 aliphatic carbocycles. The summed E-state index contributed by atoms with van der Waals surface area (Å²) < 4.78 is 30.6. The van der Waals surface area contributed by atoms with Crippen molar-refractivity contribution in [1.29, 1.82) is 0 Å². The lowest BCUT2D eigenvalue weighted by atomic mass is 9.99. The fourth-order valence-electron chi connectivity index (χ4n) is 2.96. The summed E-state index contributed by atoms with van der Waals surface area (Å²) >= 11 is 0. The van der Waals surface area contributed by atoms with E-state index in [-0.39, 0.29) is 28.6 Å². The lowest BCUT2D eigenvalue weighted by molar-refractivity contribution is -0.277. The topological polar surface area (TPSA) is 174 Å². The second-order valence-electron chi connectivity index (χ2n) is 6.75. The van der Waals surface area contributed by atoms with Gasteiger partial charge in [0.15, 0.2) is 11.5 Å². The van der Waals surface area contributed by atoms with Crippen molar-refractivity contribution in [3.05, 3.63) is 46.5 Å². The first-order valence-electron chi connectivity index (χ1n) is 9.31. The van der Waals surface area contributed by atoms with Crippen molar-refractivity contribution in [1.82, 2.24) is 0 Å². The van der Waals surface area contributed by atoms with E-state index in [0.29, 0.717) is 0 Å². The van der Waals surface area contributed by atoms with Gasteiger partial charge in [0.05, 0.1) is 26.0 Å². The largest absolute Gasteiger partial charge is 0.502 e. The lowest BCUT2D eigenvalue weighted by Crippen LogP contribution is -2.60. The van der Waals surface area contributed by atoms with Gasteiger partial charge < -0.3 is 48.5 Å². The quantitative estimate of drug-likeness (QED) is 0.392. The van der Waals surface area contributed by atoms with Crippen molar-refractivity contribution in [2.24, 2.45) is 0 Å². The summed E-state index contributed by atoms with van der Waals surface area (Å²) in [6.07, 6.45) is -5.81. The number of aromatic hydroxyl groups is 1. The minimum Gasteiger partial charge on any atom is -0.502 e. The van der Waals surface area contributed by atoms with E-state index in [1.54, 1.807) is 0 Å². The average molecular weight is 454 g/mol. The molecule has 1 aromatic heterocycles. The molecule has 5 unspecified atom stereocenters. The van der Waals surface area contributed by atoms with E-state index in [2.05, 4.69) is 0 Å². The van der Waals surface area contributed by atoms with Gasteiger partial charge in [-0.15, -0.1) is 0 Å². The monoisotopic (exact) mass is 454 g/mol. The number of aliphatic hydroxyl groups excluding tert-OH is 3. The number of hydrogen-bond acceptors (Lipinski definition) is 12. The predicted molar refractivity (Wildman–Crippen MR) is 104 cm³/mol. The molecule has 174 valence electrons. The number of carbonyl (C=O) groups is 1. The maximum Gasteiger partial charge on any atom is 0.338 e. The molecule has 0 bridgehead atoms. The number of esters is 1. The fraction of sp³-hybridized carbons (Fsp3) is 0.400. The van der Waals surface area contributed by atoms with Crippen LogP contribution in [0, 0.1) is 0 Å². The van der Waals surface area contributed by atoms with Crippen molar-refractivity contribution >= 4 is 5.97 Å². The van der Waals surface area contributed by atoms with Crippen molar-refractivity contribution in [2.45, 2.75) is 30.7 Å². The molecule has 32 heavy (non-hydrogen) atoms. The zero-order valence-corrected chi connectivity index (χ0v) is 17.0. The summed E-state index contributed by atoms with van der Waals surface area (Å²) in [6, 6.07) is 3.52. The van der Waals surface area contributed by atoms with Crippen LogP contribution in [-0.4, -0.2) is 77.9 Å². The van der Waals surface area contributed by atoms with Gasteiger partial charge in [0.1, 0.15) is 37.3 Å². The lowest BCUT2D eigenvalue weighted by Gasteiger charge is -2.39. The van der Waals surface area contributed by atoms with Crippen LogP contribution in [0.2, 0.25) is 0 Å². The summed E-state index contributed by atoms with van der Waals surface area (Å²) in [4.78, 5) is 24.2. The Hall–Kier alpha value is -3.32. The Labute approximate surface area is 181 Å². The van der Waals surface area contributed by atoms with Gasteiger partial charge in [-0.3, -0.25) is 4.79 Å². The van der Waals surface area contributed by atoms with Gasteiger partial charge in [-0.1, -0.05) is 0 Å². The number of phenols is 1. The molecule has 1 aromatic carbocycles. The van der Waals surface area contributed by atoms with Crippen molar-refractivity contribution < 1.29 is 53.3 Å². The molecule has 4 N–H and O–H groups in total. The van der Waals surface area contributed by atoms with E-state index in [9.17, 15) is 30.0 Å². The summed E-state index contributed by atoms with van der Waals surface area (Å²) in [5.41, 5.74) is -0.594. The first kappa shape index (κ1) is 23.3. The molecule has 3 rings (SSSR count). The zero-order chi connectivity index (χ0) is 23.4. The molecule has 12 heteroatoms. The Balaban J connectivity index is 1.71. The number of benzene rings is 1. The van der Waals surface area contributed by atoms with Crippen LogP contribution in [0.25, 0.3) is 0 Å². The number of methoxy groups -OCH3 is 2. The number of hydrogen-bond donors (Lipinski definition) is 4. The van der Waals surface area contributed by atoms with Crippen LogP contribution in [0.5, 0.6) is 23.0 Å². The standard InChI is InChI=1S/C20H22O12/c1-27-11-5-9(6-12(28-2)15(11)22)19(26)30-8-14-16(23)17(24)18(25)20(32-14)31-13-7-29-4-3-10(13)21/h3-7,14,16-18,20,22-25H,8H2,1-2H3. The van der Waals surface area contributed by atoms with Crippen LogP contribution in [0.3, 0.4) is 0 Å². The molecular formula is C20H22O12. The minimum atomic E-state index is -1.72. The van der Waals surface area contributed by atoms with E-state index < -0.39 is 48.7 Å². The third-order valence-electron chi connectivity index (χ3n) is 4.72. The molecular weight excluding hydrogens is 432 g/mol. The van der Waals surface area contributed by atoms with E-state index in [0.717, 1.165) is 18.6 Å². The van der Waals surface area contributed by atoms with Gasteiger partial charge in [-0.25, -0.2) is 4.79 Å². The highest BCUT2D eigenvalue weighted by molar-refractivity contribution is 5.91. The van der Waals surface area contributed by atoms with E-state index in [1.807, 2.05) is 0 Å². The van der Waals surface area contributed by atoms with Gasteiger partial charge in [-0.05, 0) is 12.1 Å². The minimum absolute atomic E-state index is 0.0287. The van der Waals surface area contributed by atoms with Crippen LogP contribution < -0.4 is 19.6 Å². The van der Waals surface area contributed by atoms with Gasteiger partial charge in [-0.2, -0.15) is 0 Å². The summed E-state index contributed by atoms with van der Waals surface area (Å²) in [6.45, 7) is -0.543. The third kappa shape index (κ3) is 4.78. The van der Waals surface area contributed by atoms with Crippen molar-refractivity contribution in [3.63, 3.8) is 0 Å². The molecule has 0 radical (unpaired) electrons. The van der Waals surface area contributed by atoms with Crippen molar-refractivity contribution in [2.75, 3.05) is 20.8 Å². The second-order valence-corrected chi connectivity index (χ2v) is 6.75. The molecule has 0 spiro atoms. The SMILES string of the molecule is COc1cc(C(=O)OCC2OC(Oc3coccc3=O)C(O)C(O)C2O)cc(OC)c1O. The molecule has 0 saturated carbocycles.